The molecular formula is C13H24N4. The van der Waals surface area contributed by atoms with E-state index in [0.29, 0.717) is 6.04 Å². The maximum Gasteiger partial charge on any atom is 0.0541 e. The van der Waals surface area contributed by atoms with Gasteiger partial charge in [-0.25, -0.2) is 0 Å². The Kier molecular flexibility index (Phi) is 3.84. The first-order valence-electron chi connectivity index (χ1n) is 6.63. The highest BCUT2D eigenvalue weighted by Gasteiger charge is 2.31. The van der Waals surface area contributed by atoms with Gasteiger partial charge in [0.2, 0.25) is 0 Å². The first kappa shape index (κ1) is 12.6. The van der Waals surface area contributed by atoms with Gasteiger partial charge in [-0.1, -0.05) is 6.92 Å². The fourth-order valence-electron chi connectivity index (χ4n) is 2.87. The summed E-state index contributed by atoms with van der Waals surface area (Å²) in [5.41, 5.74) is 8.89. The van der Waals surface area contributed by atoms with E-state index < -0.39 is 0 Å². The van der Waals surface area contributed by atoms with Crippen molar-refractivity contribution in [3.8, 4) is 0 Å². The van der Waals surface area contributed by atoms with Crippen LogP contribution in [0, 0.1) is 6.92 Å². The van der Waals surface area contributed by atoms with Gasteiger partial charge in [-0.2, -0.15) is 5.10 Å². The number of nitrogens with two attached hydrogens (primary N) is 1. The highest BCUT2D eigenvalue weighted by atomic mass is 15.3. The summed E-state index contributed by atoms with van der Waals surface area (Å²) >= 11 is 0. The third-order valence-electron chi connectivity index (χ3n) is 3.88. The lowest BCUT2D eigenvalue weighted by Gasteiger charge is -2.39. The molecular weight excluding hydrogens is 212 g/mol. The molecule has 4 nitrogen and oxygen atoms in total. The molecule has 2 atom stereocenters. The molecule has 0 bridgehead atoms. The summed E-state index contributed by atoms with van der Waals surface area (Å²) in [4.78, 5) is 2.53. The molecule has 2 unspecified atom stereocenters. The lowest BCUT2D eigenvalue weighted by atomic mass is 9.91. The van der Waals surface area contributed by atoms with Gasteiger partial charge < -0.3 is 5.73 Å². The van der Waals surface area contributed by atoms with Gasteiger partial charge in [0.25, 0.3) is 0 Å². The Hall–Kier alpha value is -0.870. The predicted octanol–water partition coefficient (Wildman–Crippen LogP) is 1.60. The molecule has 2 N–H and O–H groups in total. The molecule has 0 aliphatic carbocycles. The monoisotopic (exact) mass is 236 g/mol. The van der Waals surface area contributed by atoms with E-state index in [-0.39, 0.29) is 6.04 Å². The number of likely N-dealkylation sites (tertiary alicyclic amines) is 1. The summed E-state index contributed by atoms with van der Waals surface area (Å²) in [5.74, 6) is 0. The Balaban J connectivity index is 2.27. The summed E-state index contributed by atoms with van der Waals surface area (Å²) in [7, 11) is 2.00. The van der Waals surface area contributed by atoms with E-state index in [1.807, 2.05) is 17.9 Å². The van der Waals surface area contributed by atoms with Crippen LogP contribution in [0.1, 0.15) is 43.5 Å². The second-order valence-electron chi connectivity index (χ2n) is 5.10. The molecule has 1 aliphatic heterocycles. The Morgan fingerprint density at radius 3 is 2.88 bits per heavy atom. The summed E-state index contributed by atoms with van der Waals surface area (Å²) < 4.78 is 1.95. The molecule has 1 aromatic heterocycles. The Labute approximate surface area is 104 Å². The van der Waals surface area contributed by atoms with E-state index >= 15 is 0 Å². The van der Waals surface area contributed by atoms with Crippen molar-refractivity contribution in [2.45, 2.75) is 45.2 Å². The highest BCUT2D eigenvalue weighted by molar-refractivity contribution is 5.23. The maximum atomic E-state index is 6.33. The fraction of sp³-hybridized carbons (Fsp3) is 0.769. The van der Waals surface area contributed by atoms with Crippen LogP contribution in [0.15, 0.2) is 6.20 Å². The highest BCUT2D eigenvalue weighted by Crippen LogP contribution is 2.31. The van der Waals surface area contributed by atoms with Crippen molar-refractivity contribution in [3.05, 3.63) is 17.5 Å². The minimum atomic E-state index is 0.248. The zero-order valence-corrected chi connectivity index (χ0v) is 11.2. The fourth-order valence-corrected chi connectivity index (χ4v) is 2.87. The van der Waals surface area contributed by atoms with Crippen LogP contribution < -0.4 is 5.73 Å². The molecule has 0 radical (unpaired) electrons. The van der Waals surface area contributed by atoms with Crippen LogP contribution >= 0.6 is 0 Å². The average Bonchev–Trinajstić information content (AvgIpc) is 2.61. The molecule has 0 aromatic carbocycles. The Morgan fingerprint density at radius 2 is 2.29 bits per heavy atom. The van der Waals surface area contributed by atoms with Gasteiger partial charge in [-0.15, -0.1) is 0 Å². The lowest BCUT2D eigenvalue weighted by molar-refractivity contribution is 0.128. The molecule has 1 saturated heterocycles. The van der Waals surface area contributed by atoms with Gasteiger partial charge in [0.1, 0.15) is 0 Å². The lowest BCUT2D eigenvalue weighted by Crippen LogP contribution is -2.46. The van der Waals surface area contributed by atoms with Crippen molar-refractivity contribution >= 4 is 0 Å². The molecule has 17 heavy (non-hydrogen) atoms. The third kappa shape index (κ3) is 2.38. The van der Waals surface area contributed by atoms with Crippen LogP contribution in [-0.4, -0.2) is 33.8 Å². The van der Waals surface area contributed by atoms with E-state index in [9.17, 15) is 0 Å². The molecule has 1 aromatic rings. The molecule has 1 fully saturated rings. The standard InChI is InChI=1S/C13H24N4/c1-4-7-17-8-5-6-12(14)13(17)11-9-15-16(3)10(11)2/h9,12-13H,4-8,14H2,1-3H3. The van der Waals surface area contributed by atoms with Crippen molar-refractivity contribution in [1.82, 2.24) is 14.7 Å². The molecule has 2 heterocycles. The molecule has 0 amide bonds. The SMILES string of the molecule is CCCN1CCCC(N)C1c1cnn(C)c1C. The van der Waals surface area contributed by atoms with E-state index in [1.54, 1.807) is 0 Å². The Morgan fingerprint density at radius 1 is 1.53 bits per heavy atom. The molecule has 1 aliphatic rings. The number of hydrogen-bond acceptors (Lipinski definition) is 3. The smallest absolute Gasteiger partial charge is 0.0541 e. The number of hydrogen-bond donors (Lipinski definition) is 1. The van der Waals surface area contributed by atoms with E-state index in [2.05, 4.69) is 23.8 Å². The van der Waals surface area contributed by atoms with Crippen LogP contribution in [0.5, 0.6) is 0 Å². The van der Waals surface area contributed by atoms with E-state index in [0.717, 1.165) is 13.0 Å². The first-order chi connectivity index (χ1) is 8.15. The summed E-state index contributed by atoms with van der Waals surface area (Å²) in [6, 6.07) is 0.607. The van der Waals surface area contributed by atoms with Gasteiger partial charge in [-0.05, 0) is 39.3 Å². The number of piperidine rings is 1. The average molecular weight is 236 g/mol. The van der Waals surface area contributed by atoms with Crippen LogP contribution in [0.2, 0.25) is 0 Å². The van der Waals surface area contributed by atoms with E-state index in [1.165, 1.54) is 30.6 Å². The van der Waals surface area contributed by atoms with Crippen molar-refractivity contribution in [2.75, 3.05) is 13.1 Å². The van der Waals surface area contributed by atoms with Gasteiger partial charge in [0, 0.05) is 24.3 Å². The molecule has 0 saturated carbocycles. The van der Waals surface area contributed by atoms with Gasteiger partial charge in [0.05, 0.1) is 12.2 Å². The minimum Gasteiger partial charge on any atom is -0.326 e. The molecule has 2 rings (SSSR count). The van der Waals surface area contributed by atoms with Crippen molar-refractivity contribution in [1.29, 1.82) is 0 Å². The predicted molar refractivity (Wildman–Crippen MR) is 69.8 cm³/mol. The zero-order valence-electron chi connectivity index (χ0n) is 11.2. The van der Waals surface area contributed by atoms with Crippen molar-refractivity contribution in [3.63, 3.8) is 0 Å². The number of aromatic nitrogens is 2. The van der Waals surface area contributed by atoms with Crippen LogP contribution in [-0.2, 0) is 7.05 Å². The summed E-state index contributed by atoms with van der Waals surface area (Å²) in [5, 5.41) is 4.35. The quantitative estimate of drug-likeness (QED) is 0.867. The maximum absolute atomic E-state index is 6.33. The van der Waals surface area contributed by atoms with Crippen LogP contribution in [0.25, 0.3) is 0 Å². The van der Waals surface area contributed by atoms with Gasteiger partial charge in [-0.3, -0.25) is 9.58 Å². The first-order valence-corrected chi connectivity index (χ1v) is 6.63. The second-order valence-corrected chi connectivity index (χ2v) is 5.10. The normalized spacial score (nSPS) is 26.4. The Bertz CT molecular complexity index is 369. The van der Waals surface area contributed by atoms with Crippen LogP contribution in [0.4, 0.5) is 0 Å². The summed E-state index contributed by atoms with van der Waals surface area (Å²) in [6.45, 7) is 6.66. The van der Waals surface area contributed by atoms with Gasteiger partial charge in [0.15, 0.2) is 0 Å². The van der Waals surface area contributed by atoms with Gasteiger partial charge >= 0.3 is 0 Å². The number of nitrogens with zero attached hydrogens (tertiary/aromatic N) is 3. The third-order valence-corrected chi connectivity index (χ3v) is 3.88. The summed E-state index contributed by atoms with van der Waals surface area (Å²) in [6.07, 6.45) is 5.52. The van der Waals surface area contributed by atoms with E-state index in [4.69, 9.17) is 5.73 Å². The van der Waals surface area contributed by atoms with Crippen molar-refractivity contribution in [2.24, 2.45) is 12.8 Å². The zero-order chi connectivity index (χ0) is 12.4. The number of rotatable bonds is 3. The molecule has 96 valence electrons. The van der Waals surface area contributed by atoms with Crippen LogP contribution in [0.3, 0.4) is 0 Å². The largest absolute Gasteiger partial charge is 0.326 e. The molecule has 0 spiro atoms. The minimum absolute atomic E-state index is 0.248. The van der Waals surface area contributed by atoms with Crippen molar-refractivity contribution < 1.29 is 0 Å². The second kappa shape index (κ2) is 5.19. The topological polar surface area (TPSA) is 47.1 Å². The molecule has 4 heteroatoms. The number of aryl methyl sites for hydroxylation is 1.